The monoisotopic (exact) mass is 253 g/mol. The molecule has 0 heterocycles. The fraction of sp³-hybridized carbons (Fsp3) is 0.857. The predicted molar refractivity (Wildman–Crippen MR) is 68.0 cm³/mol. The van der Waals surface area contributed by atoms with Crippen molar-refractivity contribution in [1.29, 1.82) is 0 Å². The largest absolute Gasteiger partial charge is 0.481 e. The van der Waals surface area contributed by atoms with Gasteiger partial charge in [0.05, 0.1) is 5.92 Å². The fourth-order valence-corrected chi connectivity index (χ4v) is 3.45. The van der Waals surface area contributed by atoms with Gasteiger partial charge in [0.2, 0.25) is 5.91 Å². The molecular formula is C14H23NO3. The molecule has 2 rings (SSSR count). The second-order valence-electron chi connectivity index (χ2n) is 6.49. The first kappa shape index (κ1) is 13.4. The molecule has 2 N–H and O–H groups in total. The van der Waals surface area contributed by atoms with E-state index in [1.807, 2.05) is 0 Å². The van der Waals surface area contributed by atoms with E-state index in [1.54, 1.807) is 0 Å². The Hall–Kier alpha value is -1.06. The van der Waals surface area contributed by atoms with Crippen LogP contribution in [-0.4, -0.2) is 23.0 Å². The number of nitrogens with one attached hydrogen (secondary N) is 1. The number of amides is 1. The highest BCUT2D eigenvalue weighted by atomic mass is 16.4. The fourth-order valence-electron chi connectivity index (χ4n) is 3.45. The smallest absolute Gasteiger partial charge is 0.306 e. The summed E-state index contributed by atoms with van der Waals surface area (Å²) in [4.78, 5) is 23.1. The van der Waals surface area contributed by atoms with Crippen LogP contribution < -0.4 is 5.32 Å². The van der Waals surface area contributed by atoms with Crippen molar-refractivity contribution < 1.29 is 14.7 Å². The lowest BCUT2D eigenvalue weighted by Gasteiger charge is -2.27. The summed E-state index contributed by atoms with van der Waals surface area (Å²) < 4.78 is 0. The van der Waals surface area contributed by atoms with Crippen LogP contribution in [0.2, 0.25) is 0 Å². The van der Waals surface area contributed by atoms with Crippen molar-refractivity contribution in [3.63, 3.8) is 0 Å². The Morgan fingerprint density at radius 3 is 2.44 bits per heavy atom. The minimum Gasteiger partial charge on any atom is -0.481 e. The maximum absolute atomic E-state index is 12.2. The zero-order valence-corrected chi connectivity index (χ0v) is 11.2. The number of carbonyl (C=O) groups is 2. The first-order chi connectivity index (χ1) is 8.40. The van der Waals surface area contributed by atoms with Crippen molar-refractivity contribution in [2.75, 3.05) is 0 Å². The van der Waals surface area contributed by atoms with E-state index in [0.717, 1.165) is 25.7 Å². The normalized spacial score (nSPS) is 34.4. The first-order valence-corrected chi connectivity index (χ1v) is 6.93. The number of rotatable bonds is 3. The van der Waals surface area contributed by atoms with Crippen LogP contribution in [0.15, 0.2) is 0 Å². The van der Waals surface area contributed by atoms with Gasteiger partial charge in [-0.25, -0.2) is 0 Å². The Labute approximate surface area is 108 Å². The Morgan fingerprint density at radius 2 is 1.94 bits per heavy atom. The van der Waals surface area contributed by atoms with Gasteiger partial charge in [0.25, 0.3) is 0 Å². The molecule has 2 aliphatic rings. The maximum Gasteiger partial charge on any atom is 0.306 e. The van der Waals surface area contributed by atoms with E-state index in [0.29, 0.717) is 12.8 Å². The van der Waals surface area contributed by atoms with Crippen LogP contribution >= 0.6 is 0 Å². The number of carboxylic acid groups (broad SMARTS) is 1. The Morgan fingerprint density at radius 1 is 1.22 bits per heavy atom. The van der Waals surface area contributed by atoms with E-state index in [9.17, 15) is 9.59 Å². The minimum absolute atomic E-state index is 0.0648. The second kappa shape index (κ2) is 4.90. The Kier molecular flexibility index (Phi) is 3.64. The van der Waals surface area contributed by atoms with Gasteiger partial charge in [0, 0.05) is 12.0 Å². The van der Waals surface area contributed by atoms with Gasteiger partial charge in [-0.3, -0.25) is 9.59 Å². The Bertz CT molecular complexity index is 351. The molecule has 0 aromatic carbocycles. The topological polar surface area (TPSA) is 66.4 Å². The summed E-state index contributed by atoms with van der Waals surface area (Å²) in [6, 6.07) is 0.0648. The van der Waals surface area contributed by atoms with E-state index in [-0.39, 0.29) is 29.2 Å². The lowest BCUT2D eigenvalue weighted by atomic mass is 9.81. The molecule has 3 atom stereocenters. The van der Waals surface area contributed by atoms with E-state index >= 15 is 0 Å². The van der Waals surface area contributed by atoms with Gasteiger partial charge in [0.1, 0.15) is 0 Å². The molecule has 0 aromatic rings. The summed E-state index contributed by atoms with van der Waals surface area (Å²) in [5.74, 6) is -0.769. The van der Waals surface area contributed by atoms with Gasteiger partial charge < -0.3 is 10.4 Å². The van der Waals surface area contributed by atoms with Gasteiger partial charge >= 0.3 is 5.97 Å². The standard InChI is InChI=1S/C14H23NO3/c1-14(2)7-3-4-11(14)12(16)15-10-6-5-9(8-10)13(17)18/h9-11H,3-8H2,1-2H3,(H,15,16)(H,17,18). The van der Waals surface area contributed by atoms with Crippen LogP contribution in [0.1, 0.15) is 52.4 Å². The molecule has 102 valence electrons. The first-order valence-electron chi connectivity index (χ1n) is 6.93. The lowest BCUT2D eigenvalue weighted by Crippen LogP contribution is -2.41. The van der Waals surface area contributed by atoms with Crippen LogP contribution in [0, 0.1) is 17.3 Å². The average molecular weight is 253 g/mol. The van der Waals surface area contributed by atoms with E-state index in [2.05, 4.69) is 19.2 Å². The van der Waals surface area contributed by atoms with Crippen LogP contribution in [0.3, 0.4) is 0 Å². The average Bonchev–Trinajstić information content (AvgIpc) is 2.84. The van der Waals surface area contributed by atoms with Crippen LogP contribution in [0.25, 0.3) is 0 Å². The quantitative estimate of drug-likeness (QED) is 0.810. The van der Waals surface area contributed by atoms with Crippen LogP contribution in [-0.2, 0) is 9.59 Å². The molecule has 0 aromatic heterocycles. The van der Waals surface area contributed by atoms with Crippen molar-refractivity contribution in [2.24, 2.45) is 17.3 Å². The van der Waals surface area contributed by atoms with Gasteiger partial charge in [-0.05, 0) is 37.5 Å². The molecule has 4 heteroatoms. The zero-order valence-electron chi connectivity index (χ0n) is 11.2. The molecule has 2 saturated carbocycles. The summed E-state index contributed by atoms with van der Waals surface area (Å²) in [6.45, 7) is 4.30. The zero-order chi connectivity index (χ0) is 13.3. The summed E-state index contributed by atoms with van der Waals surface area (Å²) in [6.07, 6.45) is 5.27. The third-order valence-corrected chi connectivity index (χ3v) is 4.70. The second-order valence-corrected chi connectivity index (χ2v) is 6.49. The molecule has 0 saturated heterocycles. The molecule has 4 nitrogen and oxygen atoms in total. The molecule has 2 fully saturated rings. The van der Waals surface area contributed by atoms with Crippen molar-refractivity contribution in [3.8, 4) is 0 Å². The number of carbonyl (C=O) groups excluding carboxylic acids is 1. The molecule has 3 unspecified atom stereocenters. The molecule has 0 radical (unpaired) electrons. The van der Waals surface area contributed by atoms with E-state index in [1.165, 1.54) is 0 Å². The van der Waals surface area contributed by atoms with Crippen molar-refractivity contribution in [1.82, 2.24) is 5.32 Å². The predicted octanol–water partition coefficient (Wildman–Crippen LogP) is 2.18. The Balaban J connectivity index is 1.87. The highest BCUT2D eigenvalue weighted by Gasteiger charge is 2.40. The van der Waals surface area contributed by atoms with Gasteiger partial charge in [-0.1, -0.05) is 20.3 Å². The highest BCUT2D eigenvalue weighted by Crippen LogP contribution is 2.42. The number of carboxylic acids is 1. The molecule has 18 heavy (non-hydrogen) atoms. The third kappa shape index (κ3) is 2.68. The summed E-state index contributed by atoms with van der Waals surface area (Å²) >= 11 is 0. The minimum atomic E-state index is -0.729. The molecule has 0 aliphatic heterocycles. The number of hydrogen-bond donors (Lipinski definition) is 2. The maximum atomic E-state index is 12.2. The van der Waals surface area contributed by atoms with Crippen molar-refractivity contribution in [2.45, 2.75) is 58.4 Å². The summed E-state index contributed by atoms with van der Waals surface area (Å²) in [5.41, 5.74) is 0.0921. The number of aliphatic carboxylic acids is 1. The van der Waals surface area contributed by atoms with E-state index in [4.69, 9.17) is 5.11 Å². The third-order valence-electron chi connectivity index (χ3n) is 4.70. The molecule has 0 bridgehead atoms. The molecule has 2 aliphatic carbocycles. The molecule has 0 spiro atoms. The van der Waals surface area contributed by atoms with Crippen LogP contribution in [0.4, 0.5) is 0 Å². The molecular weight excluding hydrogens is 230 g/mol. The van der Waals surface area contributed by atoms with E-state index < -0.39 is 5.97 Å². The van der Waals surface area contributed by atoms with Crippen molar-refractivity contribution in [3.05, 3.63) is 0 Å². The number of hydrogen-bond acceptors (Lipinski definition) is 2. The molecule has 1 amide bonds. The van der Waals surface area contributed by atoms with Gasteiger partial charge in [-0.15, -0.1) is 0 Å². The van der Waals surface area contributed by atoms with Crippen molar-refractivity contribution >= 4 is 11.9 Å². The SMILES string of the molecule is CC1(C)CCCC1C(=O)NC1CCC(C(=O)O)C1. The van der Waals surface area contributed by atoms with Crippen LogP contribution in [0.5, 0.6) is 0 Å². The highest BCUT2D eigenvalue weighted by molar-refractivity contribution is 5.80. The summed E-state index contributed by atoms with van der Waals surface area (Å²) in [7, 11) is 0. The van der Waals surface area contributed by atoms with Gasteiger partial charge in [0.15, 0.2) is 0 Å². The lowest BCUT2D eigenvalue weighted by molar-refractivity contribution is -0.141. The summed E-state index contributed by atoms with van der Waals surface area (Å²) in [5, 5.41) is 12.0. The van der Waals surface area contributed by atoms with Gasteiger partial charge in [-0.2, -0.15) is 0 Å².